The van der Waals surface area contributed by atoms with Crippen LogP contribution in [0.3, 0.4) is 0 Å². The van der Waals surface area contributed by atoms with Gasteiger partial charge in [0.1, 0.15) is 0 Å². The number of hydrogen-bond acceptors (Lipinski definition) is 5. The predicted molar refractivity (Wildman–Crippen MR) is 73.6 cm³/mol. The molecule has 0 bridgehead atoms. The summed E-state index contributed by atoms with van der Waals surface area (Å²) in [5.74, 6) is -4.35. The van der Waals surface area contributed by atoms with Crippen LogP contribution in [0.15, 0.2) is 24.8 Å². The van der Waals surface area contributed by atoms with Crippen molar-refractivity contribution in [2.75, 3.05) is 20.3 Å². The number of carbonyl (C=O) groups is 2. The van der Waals surface area contributed by atoms with Gasteiger partial charge in [-0.2, -0.15) is 4.39 Å². The number of unbranched alkanes of at least 4 members (excludes halogenated alkanes) is 1. The second-order valence-corrected chi connectivity index (χ2v) is 4.16. The summed E-state index contributed by atoms with van der Waals surface area (Å²) < 4.78 is 41.5. The molecule has 0 heterocycles. The summed E-state index contributed by atoms with van der Waals surface area (Å²) in [7, 11) is 1.07. The van der Waals surface area contributed by atoms with Crippen molar-refractivity contribution >= 4 is 11.9 Å². The lowest BCUT2D eigenvalue weighted by atomic mass is 10.2. The fourth-order valence-corrected chi connectivity index (χ4v) is 1.53. The minimum absolute atomic E-state index is 0.111. The van der Waals surface area contributed by atoms with Gasteiger partial charge in [0.2, 0.25) is 5.82 Å². The molecule has 0 spiro atoms. The van der Waals surface area contributed by atoms with E-state index in [9.17, 15) is 18.4 Å². The van der Waals surface area contributed by atoms with E-state index in [1.807, 2.05) is 0 Å². The van der Waals surface area contributed by atoms with Crippen molar-refractivity contribution in [1.29, 1.82) is 0 Å². The molecule has 120 valence electrons. The van der Waals surface area contributed by atoms with Gasteiger partial charge in [-0.3, -0.25) is 0 Å². The summed E-state index contributed by atoms with van der Waals surface area (Å²) in [6, 6.07) is 2.24. The van der Waals surface area contributed by atoms with E-state index in [2.05, 4.69) is 11.3 Å². The van der Waals surface area contributed by atoms with Crippen LogP contribution in [0, 0.1) is 11.6 Å². The maximum Gasteiger partial charge on any atom is 0.340 e. The van der Waals surface area contributed by atoms with Crippen LogP contribution in [0.2, 0.25) is 0 Å². The molecule has 0 saturated carbocycles. The molecule has 22 heavy (non-hydrogen) atoms. The van der Waals surface area contributed by atoms with Crippen molar-refractivity contribution in [3.63, 3.8) is 0 Å². The van der Waals surface area contributed by atoms with E-state index < -0.39 is 29.1 Å². The van der Waals surface area contributed by atoms with E-state index in [-0.39, 0.29) is 19.0 Å². The Hall–Kier alpha value is -2.44. The third kappa shape index (κ3) is 4.83. The zero-order chi connectivity index (χ0) is 16.5. The number of carbonyl (C=O) groups excluding carboxylic acids is 2. The number of esters is 2. The molecule has 0 unspecified atom stereocenters. The van der Waals surface area contributed by atoms with Gasteiger partial charge >= 0.3 is 11.9 Å². The first-order chi connectivity index (χ1) is 10.5. The molecule has 0 atom stereocenters. The molecule has 0 saturated heterocycles. The Balaban J connectivity index is 2.47. The summed E-state index contributed by atoms with van der Waals surface area (Å²) in [6.07, 6.45) is 2.03. The summed E-state index contributed by atoms with van der Waals surface area (Å²) in [4.78, 5) is 22.0. The number of benzene rings is 1. The van der Waals surface area contributed by atoms with Crippen LogP contribution in [0.1, 0.15) is 23.2 Å². The lowest BCUT2D eigenvalue weighted by Gasteiger charge is -2.09. The highest BCUT2D eigenvalue weighted by Crippen LogP contribution is 2.23. The van der Waals surface area contributed by atoms with Gasteiger partial charge in [0.15, 0.2) is 11.6 Å². The number of ether oxygens (including phenoxy) is 3. The maximum absolute atomic E-state index is 13.7. The number of rotatable bonds is 8. The van der Waals surface area contributed by atoms with E-state index in [4.69, 9.17) is 9.47 Å². The monoisotopic (exact) mass is 314 g/mol. The van der Waals surface area contributed by atoms with Crippen LogP contribution in [0.25, 0.3) is 0 Å². The predicted octanol–water partition coefficient (Wildman–Crippen LogP) is 2.64. The van der Waals surface area contributed by atoms with Crippen molar-refractivity contribution in [3.05, 3.63) is 42.0 Å². The largest absolute Gasteiger partial charge is 0.490 e. The number of methoxy groups -OCH3 is 1. The van der Waals surface area contributed by atoms with Crippen LogP contribution in [0.4, 0.5) is 8.78 Å². The standard InChI is InChI=1S/C15H16F2O5/c1-3-12(18)22-9-5-4-8-21-11-7-6-10(15(19)20-2)13(16)14(11)17/h3,6-7H,1,4-5,8-9H2,2H3. The van der Waals surface area contributed by atoms with Crippen LogP contribution in [-0.2, 0) is 14.3 Å². The Kier molecular flexibility index (Phi) is 7.01. The average Bonchev–Trinajstić information content (AvgIpc) is 2.53. The molecule has 7 heteroatoms. The smallest absolute Gasteiger partial charge is 0.340 e. The van der Waals surface area contributed by atoms with Crippen molar-refractivity contribution in [3.8, 4) is 5.75 Å². The normalized spacial score (nSPS) is 9.95. The van der Waals surface area contributed by atoms with Crippen molar-refractivity contribution in [2.24, 2.45) is 0 Å². The highest BCUT2D eigenvalue weighted by atomic mass is 19.2. The molecule has 1 rings (SSSR count). The minimum atomic E-state index is -1.32. The lowest BCUT2D eigenvalue weighted by molar-refractivity contribution is -0.137. The topological polar surface area (TPSA) is 61.8 Å². The van der Waals surface area contributed by atoms with Gasteiger partial charge < -0.3 is 14.2 Å². The minimum Gasteiger partial charge on any atom is -0.490 e. The Morgan fingerprint density at radius 3 is 2.50 bits per heavy atom. The molecule has 5 nitrogen and oxygen atoms in total. The number of hydrogen-bond donors (Lipinski definition) is 0. The van der Waals surface area contributed by atoms with E-state index in [0.29, 0.717) is 12.8 Å². The number of halogens is 2. The van der Waals surface area contributed by atoms with E-state index in [1.54, 1.807) is 0 Å². The quantitative estimate of drug-likeness (QED) is 0.419. The molecule has 0 fully saturated rings. The Morgan fingerprint density at radius 1 is 1.18 bits per heavy atom. The molecule has 0 amide bonds. The molecule has 0 aromatic heterocycles. The van der Waals surface area contributed by atoms with Crippen LogP contribution >= 0.6 is 0 Å². The maximum atomic E-state index is 13.7. The Bertz CT molecular complexity index is 557. The fraction of sp³-hybridized carbons (Fsp3) is 0.333. The van der Waals surface area contributed by atoms with E-state index in [0.717, 1.165) is 25.3 Å². The van der Waals surface area contributed by atoms with Crippen LogP contribution in [-0.4, -0.2) is 32.3 Å². The van der Waals surface area contributed by atoms with Gasteiger partial charge in [-0.15, -0.1) is 0 Å². The third-order valence-electron chi connectivity index (χ3n) is 2.66. The molecule has 0 aliphatic rings. The Morgan fingerprint density at radius 2 is 1.86 bits per heavy atom. The zero-order valence-electron chi connectivity index (χ0n) is 12.1. The van der Waals surface area contributed by atoms with E-state index >= 15 is 0 Å². The molecule has 1 aromatic rings. The molecule has 0 radical (unpaired) electrons. The van der Waals surface area contributed by atoms with Gasteiger partial charge in [-0.25, -0.2) is 14.0 Å². The summed E-state index contributed by atoms with van der Waals surface area (Å²) in [5, 5.41) is 0. The molecule has 0 aliphatic carbocycles. The SMILES string of the molecule is C=CC(=O)OCCCCOc1ccc(C(=O)OC)c(F)c1F. The molecule has 0 N–H and O–H groups in total. The van der Waals surface area contributed by atoms with Gasteiger partial charge in [0.25, 0.3) is 0 Å². The zero-order valence-corrected chi connectivity index (χ0v) is 12.1. The van der Waals surface area contributed by atoms with Crippen molar-refractivity contribution in [1.82, 2.24) is 0 Å². The molecule has 1 aromatic carbocycles. The molecular weight excluding hydrogens is 298 g/mol. The van der Waals surface area contributed by atoms with Crippen molar-refractivity contribution < 1.29 is 32.6 Å². The lowest BCUT2D eigenvalue weighted by Crippen LogP contribution is -2.09. The van der Waals surface area contributed by atoms with Crippen LogP contribution in [0.5, 0.6) is 5.75 Å². The highest BCUT2D eigenvalue weighted by molar-refractivity contribution is 5.89. The fourth-order valence-electron chi connectivity index (χ4n) is 1.53. The molecule has 0 aliphatic heterocycles. The third-order valence-corrected chi connectivity index (χ3v) is 2.66. The van der Waals surface area contributed by atoms with Gasteiger partial charge in [0.05, 0.1) is 25.9 Å². The summed E-state index contributed by atoms with van der Waals surface area (Å²) in [6.45, 7) is 3.55. The summed E-state index contributed by atoms with van der Waals surface area (Å²) >= 11 is 0. The Labute approximate surface area is 126 Å². The van der Waals surface area contributed by atoms with Crippen LogP contribution < -0.4 is 4.74 Å². The van der Waals surface area contributed by atoms with Crippen molar-refractivity contribution in [2.45, 2.75) is 12.8 Å². The first kappa shape index (κ1) is 17.6. The summed E-state index contributed by atoms with van der Waals surface area (Å²) in [5.41, 5.74) is -0.497. The average molecular weight is 314 g/mol. The van der Waals surface area contributed by atoms with E-state index in [1.165, 1.54) is 0 Å². The second kappa shape index (κ2) is 8.76. The van der Waals surface area contributed by atoms with Gasteiger partial charge in [-0.05, 0) is 25.0 Å². The highest BCUT2D eigenvalue weighted by Gasteiger charge is 2.19. The first-order valence-corrected chi connectivity index (χ1v) is 6.49. The first-order valence-electron chi connectivity index (χ1n) is 6.49. The van der Waals surface area contributed by atoms with Gasteiger partial charge in [0, 0.05) is 6.08 Å². The molecular formula is C15H16F2O5. The van der Waals surface area contributed by atoms with Gasteiger partial charge in [-0.1, -0.05) is 6.58 Å². The second-order valence-electron chi connectivity index (χ2n) is 4.16.